The summed E-state index contributed by atoms with van der Waals surface area (Å²) in [6.07, 6.45) is 0.419. The molecule has 0 spiro atoms. The molecule has 0 heterocycles. The van der Waals surface area contributed by atoms with Gasteiger partial charge in [-0.15, -0.1) is 0 Å². The van der Waals surface area contributed by atoms with Crippen molar-refractivity contribution in [2.45, 2.75) is 18.9 Å². The number of rotatable bonds is 3. The largest absolute Gasteiger partial charge is 0.388 e. The van der Waals surface area contributed by atoms with E-state index in [0.717, 1.165) is 5.56 Å². The predicted molar refractivity (Wildman–Crippen MR) is 46.2 cm³/mol. The maximum atomic E-state index is 9.50. The van der Waals surface area contributed by atoms with E-state index in [1.54, 1.807) is 0 Å². The third-order valence-corrected chi connectivity index (χ3v) is 1.71. The first kappa shape index (κ1) is 8.76. The second-order valence-corrected chi connectivity index (χ2v) is 2.62. The van der Waals surface area contributed by atoms with Crippen molar-refractivity contribution in [2.24, 2.45) is 0 Å². The Kier molecular flexibility index (Phi) is 3.31. The van der Waals surface area contributed by atoms with Gasteiger partial charge in [0.05, 0.1) is 12.2 Å². The van der Waals surface area contributed by atoms with Gasteiger partial charge in [-0.3, -0.25) is 0 Å². The van der Waals surface area contributed by atoms with Crippen LogP contribution in [0.25, 0.3) is 0 Å². The van der Waals surface area contributed by atoms with Gasteiger partial charge in [0.1, 0.15) is 0 Å². The van der Waals surface area contributed by atoms with Crippen LogP contribution in [0.15, 0.2) is 30.3 Å². The Morgan fingerprint density at radius 3 is 2.58 bits per heavy atom. The summed E-state index contributed by atoms with van der Waals surface area (Å²) in [6, 6.07) is 11.4. The van der Waals surface area contributed by atoms with Crippen LogP contribution in [0.3, 0.4) is 0 Å². The van der Waals surface area contributed by atoms with Crippen LogP contribution in [-0.2, 0) is 0 Å². The topological polar surface area (TPSA) is 44.0 Å². The summed E-state index contributed by atoms with van der Waals surface area (Å²) >= 11 is 0. The van der Waals surface area contributed by atoms with Crippen LogP contribution < -0.4 is 0 Å². The summed E-state index contributed by atoms with van der Waals surface area (Å²) in [5.41, 5.74) is 0.882. The zero-order valence-corrected chi connectivity index (χ0v) is 6.77. The van der Waals surface area contributed by atoms with Crippen LogP contribution in [0.1, 0.15) is 24.5 Å². The smallest absolute Gasteiger partial charge is 0.0799 e. The van der Waals surface area contributed by atoms with Gasteiger partial charge in [0.25, 0.3) is 0 Å². The number of hydrogen-bond donors (Lipinski definition) is 1. The average Bonchev–Trinajstić information content (AvgIpc) is 2.15. The van der Waals surface area contributed by atoms with Crippen molar-refractivity contribution < 1.29 is 5.11 Å². The Morgan fingerprint density at radius 1 is 1.33 bits per heavy atom. The lowest BCUT2D eigenvalue weighted by Gasteiger charge is -2.07. The van der Waals surface area contributed by atoms with Crippen molar-refractivity contribution in [3.05, 3.63) is 35.9 Å². The molecule has 0 aromatic heterocycles. The van der Waals surface area contributed by atoms with Gasteiger partial charge in [-0.25, -0.2) is 0 Å². The Hall–Kier alpha value is -1.33. The SMILES string of the molecule is N#CCC[C@@H](O)c1ccccc1. The Bertz CT molecular complexity index is 263. The number of nitrogens with zero attached hydrogens (tertiary/aromatic N) is 1. The first-order valence-corrected chi connectivity index (χ1v) is 3.94. The Morgan fingerprint density at radius 2 is 2.00 bits per heavy atom. The van der Waals surface area contributed by atoms with Gasteiger partial charge in [-0.1, -0.05) is 30.3 Å². The molecule has 0 saturated heterocycles. The molecular weight excluding hydrogens is 150 g/mol. The van der Waals surface area contributed by atoms with Gasteiger partial charge < -0.3 is 5.11 Å². The zero-order valence-electron chi connectivity index (χ0n) is 6.77. The molecule has 1 aromatic rings. The number of benzene rings is 1. The van der Waals surface area contributed by atoms with E-state index in [1.165, 1.54) is 0 Å². The van der Waals surface area contributed by atoms with Crippen LogP contribution in [0, 0.1) is 11.3 Å². The van der Waals surface area contributed by atoms with Crippen molar-refractivity contribution in [1.82, 2.24) is 0 Å². The third-order valence-electron chi connectivity index (χ3n) is 1.71. The number of aliphatic hydroxyl groups excluding tert-OH is 1. The minimum absolute atomic E-state index is 0.399. The van der Waals surface area contributed by atoms with Crippen LogP contribution in [0.4, 0.5) is 0 Å². The fraction of sp³-hybridized carbons (Fsp3) is 0.300. The van der Waals surface area contributed by atoms with Crippen molar-refractivity contribution in [3.63, 3.8) is 0 Å². The zero-order chi connectivity index (χ0) is 8.81. The molecule has 0 aliphatic rings. The van der Waals surface area contributed by atoms with Crippen molar-refractivity contribution in [2.75, 3.05) is 0 Å². The van der Waals surface area contributed by atoms with Crippen LogP contribution in [0.2, 0.25) is 0 Å². The monoisotopic (exact) mass is 161 g/mol. The van der Waals surface area contributed by atoms with E-state index < -0.39 is 6.10 Å². The van der Waals surface area contributed by atoms with Gasteiger partial charge in [0.15, 0.2) is 0 Å². The van der Waals surface area contributed by atoms with E-state index in [2.05, 4.69) is 0 Å². The number of aliphatic hydroxyl groups is 1. The second kappa shape index (κ2) is 4.53. The molecule has 1 aromatic carbocycles. The molecule has 2 nitrogen and oxygen atoms in total. The molecular formula is C10H11NO. The third kappa shape index (κ3) is 2.37. The molecule has 2 heteroatoms. The van der Waals surface area contributed by atoms with Crippen LogP contribution in [-0.4, -0.2) is 5.11 Å². The Balaban J connectivity index is 2.55. The van der Waals surface area contributed by atoms with E-state index >= 15 is 0 Å². The highest BCUT2D eigenvalue weighted by atomic mass is 16.3. The summed E-state index contributed by atoms with van der Waals surface area (Å²) in [7, 11) is 0. The first-order valence-electron chi connectivity index (χ1n) is 3.94. The quantitative estimate of drug-likeness (QED) is 0.737. The number of hydrogen-bond acceptors (Lipinski definition) is 2. The highest BCUT2D eigenvalue weighted by Crippen LogP contribution is 2.16. The van der Waals surface area contributed by atoms with Gasteiger partial charge in [0, 0.05) is 6.42 Å². The van der Waals surface area contributed by atoms with Crippen molar-refractivity contribution in [3.8, 4) is 6.07 Å². The molecule has 0 bridgehead atoms. The average molecular weight is 161 g/mol. The van der Waals surface area contributed by atoms with E-state index in [0.29, 0.717) is 12.8 Å². The lowest BCUT2D eigenvalue weighted by molar-refractivity contribution is 0.169. The fourth-order valence-electron chi connectivity index (χ4n) is 1.04. The van der Waals surface area contributed by atoms with Gasteiger partial charge in [0.2, 0.25) is 0 Å². The molecule has 62 valence electrons. The summed E-state index contributed by atoms with van der Waals surface area (Å²) in [5.74, 6) is 0. The van der Waals surface area contributed by atoms with Crippen molar-refractivity contribution in [1.29, 1.82) is 5.26 Å². The summed E-state index contributed by atoms with van der Waals surface area (Å²) < 4.78 is 0. The maximum absolute atomic E-state index is 9.50. The predicted octanol–water partition coefficient (Wildman–Crippen LogP) is 2.02. The van der Waals surface area contributed by atoms with Gasteiger partial charge in [-0.2, -0.15) is 5.26 Å². The normalized spacial score (nSPS) is 12.0. The first-order chi connectivity index (χ1) is 5.84. The highest BCUT2D eigenvalue weighted by Gasteiger charge is 2.04. The van der Waals surface area contributed by atoms with Crippen LogP contribution in [0.5, 0.6) is 0 Å². The second-order valence-electron chi connectivity index (χ2n) is 2.62. The van der Waals surface area contributed by atoms with E-state index in [-0.39, 0.29) is 0 Å². The molecule has 0 aliphatic heterocycles. The summed E-state index contributed by atoms with van der Waals surface area (Å²) in [6.45, 7) is 0. The van der Waals surface area contributed by atoms with Gasteiger partial charge >= 0.3 is 0 Å². The molecule has 1 rings (SSSR count). The maximum Gasteiger partial charge on any atom is 0.0799 e. The molecule has 1 N–H and O–H groups in total. The minimum atomic E-state index is -0.495. The van der Waals surface area contributed by atoms with Gasteiger partial charge in [-0.05, 0) is 12.0 Å². The fourth-order valence-corrected chi connectivity index (χ4v) is 1.04. The molecule has 0 fully saturated rings. The van der Waals surface area contributed by atoms with Crippen LogP contribution >= 0.6 is 0 Å². The standard InChI is InChI=1S/C10H11NO/c11-8-4-7-10(12)9-5-2-1-3-6-9/h1-3,5-6,10,12H,4,7H2/t10-/m1/s1. The number of nitriles is 1. The Labute approximate surface area is 72.1 Å². The molecule has 0 amide bonds. The van der Waals surface area contributed by atoms with E-state index in [1.807, 2.05) is 36.4 Å². The van der Waals surface area contributed by atoms with Crippen molar-refractivity contribution >= 4 is 0 Å². The van der Waals surface area contributed by atoms with E-state index in [4.69, 9.17) is 5.26 Å². The van der Waals surface area contributed by atoms with E-state index in [9.17, 15) is 5.11 Å². The summed E-state index contributed by atoms with van der Waals surface area (Å²) in [4.78, 5) is 0. The lowest BCUT2D eigenvalue weighted by Crippen LogP contribution is -1.95. The summed E-state index contributed by atoms with van der Waals surface area (Å²) in [5, 5.41) is 17.8. The highest BCUT2D eigenvalue weighted by molar-refractivity contribution is 5.17. The molecule has 0 unspecified atom stereocenters. The molecule has 1 atom stereocenters. The molecule has 0 radical (unpaired) electrons. The molecule has 0 aliphatic carbocycles. The minimum Gasteiger partial charge on any atom is -0.388 e. The lowest BCUT2D eigenvalue weighted by atomic mass is 10.1. The molecule has 12 heavy (non-hydrogen) atoms. The molecule has 0 saturated carbocycles.